The van der Waals surface area contributed by atoms with E-state index in [4.69, 9.17) is 4.74 Å². The molecule has 0 saturated heterocycles. The average Bonchev–Trinajstić information content (AvgIpc) is 2.45. The van der Waals surface area contributed by atoms with Crippen LogP contribution in [-0.2, 0) is 10.1 Å². The summed E-state index contributed by atoms with van der Waals surface area (Å²) in [5.74, 6) is -1.25. The Kier molecular flexibility index (Phi) is 4.20. The molecule has 2 aromatic rings. The number of ether oxygens (including phenoxy) is 1. The fourth-order valence-corrected chi connectivity index (χ4v) is 2.62. The van der Waals surface area contributed by atoms with Crippen LogP contribution in [0, 0.1) is 6.92 Å². The van der Waals surface area contributed by atoms with Gasteiger partial charge in [0, 0.05) is 11.6 Å². The molecule has 0 aromatic heterocycles. The van der Waals surface area contributed by atoms with E-state index in [0.29, 0.717) is 0 Å². The van der Waals surface area contributed by atoms with E-state index in [1.165, 1.54) is 7.11 Å². The zero-order valence-corrected chi connectivity index (χ0v) is 12.7. The molecule has 6 nitrogen and oxygen atoms in total. The molecule has 7 heteroatoms. The fraction of sp³-hybridized carbons (Fsp3) is 0.133. The van der Waals surface area contributed by atoms with Crippen LogP contribution in [0.4, 0.5) is 0 Å². The lowest BCUT2D eigenvalue weighted by Crippen LogP contribution is -2.07. The van der Waals surface area contributed by atoms with Crippen LogP contribution in [0.1, 0.15) is 21.5 Å². The van der Waals surface area contributed by atoms with Crippen LogP contribution in [0.3, 0.4) is 0 Å². The average molecular weight is 322 g/mol. The first kappa shape index (κ1) is 16.0. The SMILES string of the molecule is COc1cc(O)c(C(=O)c2ccc(C)cc2)cc1S(=O)(=O)O. The molecule has 0 fully saturated rings. The molecule has 0 heterocycles. The fourth-order valence-electron chi connectivity index (χ4n) is 1.95. The highest BCUT2D eigenvalue weighted by Gasteiger charge is 2.23. The molecule has 0 bridgehead atoms. The number of rotatable bonds is 4. The van der Waals surface area contributed by atoms with E-state index in [0.717, 1.165) is 17.7 Å². The predicted molar refractivity (Wildman–Crippen MR) is 79.1 cm³/mol. The number of phenolic OH excluding ortho intramolecular Hbond substituents is 1. The molecule has 0 radical (unpaired) electrons. The molecule has 0 atom stereocenters. The first-order valence-corrected chi connectivity index (χ1v) is 7.68. The molecule has 0 aliphatic carbocycles. The summed E-state index contributed by atoms with van der Waals surface area (Å²) in [7, 11) is -3.41. The van der Waals surface area contributed by atoms with Crippen LogP contribution in [0.5, 0.6) is 11.5 Å². The number of benzene rings is 2. The van der Waals surface area contributed by atoms with E-state index in [-0.39, 0.29) is 16.9 Å². The minimum absolute atomic E-state index is 0.239. The van der Waals surface area contributed by atoms with Crippen molar-refractivity contribution in [3.05, 3.63) is 53.1 Å². The Morgan fingerprint density at radius 2 is 1.73 bits per heavy atom. The smallest absolute Gasteiger partial charge is 0.298 e. The highest BCUT2D eigenvalue weighted by atomic mass is 32.2. The molecule has 0 amide bonds. The number of carbonyl (C=O) groups excluding carboxylic acids is 1. The van der Waals surface area contributed by atoms with Gasteiger partial charge in [0.05, 0.1) is 12.7 Å². The number of carbonyl (C=O) groups is 1. The van der Waals surface area contributed by atoms with Crippen molar-refractivity contribution in [2.45, 2.75) is 11.8 Å². The monoisotopic (exact) mass is 322 g/mol. The minimum atomic E-state index is -4.60. The Labute approximate surface area is 127 Å². The molecular weight excluding hydrogens is 308 g/mol. The third-order valence-corrected chi connectivity index (χ3v) is 3.99. The second-order valence-corrected chi connectivity index (χ2v) is 6.08. The van der Waals surface area contributed by atoms with E-state index in [9.17, 15) is 22.9 Å². The molecule has 0 aliphatic rings. The maximum absolute atomic E-state index is 12.4. The lowest BCUT2D eigenvalue weighted by atomic mass is 10.0. The van der Waals surface area contributed by atoms with Crippen molar-refractivity contribution in [2.24, 2.45) is 0 Å². The molecular formula is C15H14O6S. The van der Waals surface area contributed by atoms with Crippen LogP contribution in [0.15, 0.2) is 41.3 Å². The maximum atomic E-state index is 12.4. The summed E-state index contributed by atoms with van der Waals surface area (Å²) >= 11 is 0. The van der Waals surface area contributed by atoms with Gasteiger partial charge in [-0.15, -0.1) is 0 Å². The zero-order chi connectivity index (χ0) is 16.5. The summed E-state index contributed by atoms with van der Waals surface area (Å²) in [5.41, 5.74) is 0.999. The first-order chi connectivity index (χ1) is 10.2. The van der Waals surface area contributed by atoms with E-state index in [1.807, 2.05) is 6.92 Å². The van der Waals surface area contributed by atoms with Crippen LogP contribution < -0.4 is 4.74 Å². The predicted octanol–water partition coefficient (Wildman–Crippen LogP) is 2.19. The Balaban J connectivity index is 2.60. The van der Waals surface area contributed by atoms with Gasteiger partial charge in [0.15, 0.2) is 5.78 Å². The van der Waals surface area contributed by atoms with Crippen LogP contribution in [0.25, 0.3) is 0 Å². The van der Waals surface area contributed by atoms with E-state index >= 15 is 0 Å². The van der Waals surface area contributed by atoms with Crippen molar-refractivity contribution >= 4 is 15.9 Å². The highest BCUT2D eigenvalue weighted by Crippen LogP contribution is 2.32. The van der Waals surface area contributed by atoms with Gasteiger partial charge in [-0.3, -0.25) is 9.35 Å². The molecule has 2 aromatic carbocycles. The van der Waals surface area contributed by atoms with Gasteiger partial charge in [0.1, 0.15) is 16.4 Å². The minimum Gasteiger partial charge on any atom is -0.507 e. The van der Waals surface area contributed by atoms with Gasteiger partial charge in [0.25, 0.3) is 10.1 Å². The normalized spacial score (nSPS) is 11.2. The van der Waals surface area contributed by atoms with Crippen molar-refractivity contribution in [3.63, 3.8) is 0 Å². The Morgan fingerprint density at radius 3 is 2.23 bits per heavy atom. The van der Waals surface area contributed by atoms with Crippen molar-refractivity contribution < 1.29 is 27.6 Å². The lowest BCUT2D eigenvalue weighted by Gasteiger charge is -2.10. The quantitative estimate of drug-likeness (QED) is 0.661. The molecule has 0 saturated carbocycles. The molecule has 2 N–H and O–H groups in total. The number of aryl methyl sites for hydroxylation is 1. The van der Waals surface area contributed by atoms with Crippen LogP contribution in [-0.4, -0.2) is 31.0 Å². The first-order valence-electron chi connectivity index (χ1n) is 6.24. The molecule has 0 aliphatic heterocycles. The molecule has 2 rings (SSSR count). The third kappa shape index (κ3) is 3.10. The van der Waals surface area contributed by atoms with Crippen LogP contribution >= 0.6 is 0 Å². The molecule has 0 unspecified atom stereocenters. The van der Waals surface area contributed by atoms with E-state index in [2.05, 4.69) is 0 Å². The van der Waals surface area contributed by atoms with Gasteiger partial charge in [-0.25, -0.2) is 0 Å². The number of aromatic hydroxyl groups is 1. The number of methoxy groups -OCH3 is 1. The van der Waals surface area contributed by atoms with Gasteiger partial charge in [-0.2, -0.15) is 8.42 Å². The van der Waals surface area contributed by atoms with Crippen molar-refractivity contribution in [1.29, 1.82) is 0 Å². The van der Waals surface area contributed by atoms with Gasteiger partial charge in [-0.05, 0) is 13.0 Å². The number of hydrogen-bond acceptors (Lipinski definition) is 5. The summed E-state index contributed by atoms with van der Waals surface area (Å²) in [4.78, 5) is 11.8. The number of ketones is 1. The molecule has 22 heavy (non-hydrogen) atoms. The van der Waals surface area contributed by atoms with Gasteiger partial charge in [-0.1, -0.05) is 29.8 Å². The summed E-state index contributed by atoms with van der Waals surface area (Å²) in [6.07, 6.45) is 0. The van der Waals surface area contributed by atoms with Crippen LogP contribution in [0.2, 0.25) is 0 Å². The molecule has 0 spiro atoms. The Bertz CT molecular complexity index is 822. The maximum Gasteiger partial charge on any atom is 0.298 e. The molecule has 116 valence electrons. The standard InChI is InChI=1S/C15H14O6S/c1-9-3-5-10(6-4-9)15(17)11-7-14(22(18,19)20)13(21-2)8-12(11)16/h3-8,16H,1-2H3,(H,18,19,20). The summed E-state index contributed by atoms with van der Waals surface area (Å²) in [5, 5.41) is 9.92. The van der Waals surface area contributed by atoms with Gasteiger partial charge >= 0.3 is 0 Å². The van der Waals surface area contributed by atoms with E-state index < -0.39 is 26.5 Å². The summed E-state index contributed by atoms with van der Waals surface area (Å²) in [6.45, 7) is 1.86. The van der Waals surface area contributed by atoms with Gasteiger partial charge in [0.2, 0.25) is 0 Å². The Morgan fingerprint density at radius 1 is 1.14 bits per heavy atom. The largest absolute Gasteiger partial charge is 0.507 e. The zero-order valence-electron chi connectivity index (χ0n) is 11.9. The van der Waals surface area contributed by atoms with Crippen molar-refractivity contribution in [2.75, 3.05) is 7.11 Å². The second kappa shape index (κ2) is 5.78. The van der Waals surface area contributed by atoms with Crippen molar-refractivity contribution in [3.8, 4) is 11.5 Å². The number of phenols is 1. The van der Waals surface area contributed by atoms with E-state index in [1.54, 1.807) is 24.3 Å². The summed E-state index contributed by atoms with van der Waals surface area (Å²) < 4.78 is 36.7. The topological polar surface area (TPSA) is 101 Å². The highest BCUT2D eigenvalue weighted by molar-refractivity contribution is 7.86. The Hall–Kier alpha value is -2.38. The summed E-state index contributed by atoms with van der Waals surface area (Å²) in [6, 6.07) is 8.44. The van der Waals surface area contributed by atoms with Gasteiger partial charge < -0.3 is 9.84 Å². The van der Waals surface area contributed by atoms with Crippen molar-refractivity contribution in [1.82, 2.24) is 0 Å². The lowest BCUT2D eigenvalue weighted by molar-refractivity contribution is 0.103. The second-order valence-electron chi connectivity index (χ2n) is 4.69. The third-order valence-electron chi connectivity index (χ3n) is 3.12. The number of hydrogen-bond donors (Lipinski definition) is 2.